The fourth-order valence-corrected chi connectivity index (χ4v) is 4.64. The van der Waals surface area contributed by atoms with Gasteiger partial charge in [-0.05, 0) is 30.9 Å². The molecule has 1 saturated carbocycles. The lowest BCUT2D eigenvalue weighted by molar-refractivity contribution is -0.159. The second-order valence-corrected chi connectivity index (χ2v) is 8.59. The molecule has 3 N–H and O–H groups in total. The maximum Gasteiger partial charge on any atom is 0.250 e. The highest BCUT2D eigenvalue weighted by Crippen LogP contribution is 2.31. The second kappa shape index (κ2) is 10.5. The van der Waals surface area contributed by atoms with Gasteiger partial charge in [-0.25, -0.2) is 20.5 Å². The van der Waals surface area contributed by atoms with Gasteiger partial charge in [-0.2, -0.15) is 0 Å². The second-order valence-electron chi connectivity index (χ2n) is 8.59. The molecule has 2 fully saturated rings. The zero-order valence-corrected chi connectivity index (χ0v) is 18.3. The number of hydrogen-bond acceptors (Lipinski definition) is 7. The highest BCUT2D eigenvalue weighted by molar-refractivity contribution is 5.97. The third-order valence-corrected chi connectivity index (χ3v) is 6.32. The number of nitrogens with one attached hydrogen (secondary N) is 2. The summed E-state index contributed by atoms with van der Waals surface area (Å²) >= 11 is 0. The van der Waals surface area contributed by atoms with Crippen LogP contribution in [0.15, 0.2) is 37.1 Å². The third kappa shape index (κ3) is 5.55. The molecular weight excluding hydrogens is 426 g/mol. The van der Waals surface area contributed by atoms with Crippen LogP contribution in [0.2, 0.25) is 0 Å². The van der Waals surface area contributed by atoms with Crippen molar-refractivity contribution in [3.05, 3.63) is 37.1 Å². The van der Waals surface area contributed by atoms with E-state index >= 15 is 0 Å². The summed E-state index contributed by atoms with van der Waals surface area (Å²) < 4.78 is 1.80. The topological polar surface area (TPSA) is 133 Å². The van der Waals surface area contributed by atoms with E-state index in [-0.39, 0.29) is 18.4 Å². The molecule has 176 valence electrons. The SMILES string of the molecule is O=CN(O)C[C@@H](CC1CCCC1)C(=O)N1NCC[C@H]1C(=O)Nc1ccc(-n2ccnc2)cn1. The number of pyridine rings is 1. The van der Waals surface area contributed by atoms with Gasteiger partial charge in [0.05, 0.1) is 30.7 Å². The molecular formula is C22H29N7O4. The van der Waals surface area contributed by atoms with Gasteiger partial charge < -0.3 is 9.88 Å². The maximum atomic E-state index is 13.3. The molecule has 0 aromatic carbocycles. The molecule has 0 radical (unpaired) electrons. The van der Waals surface area contributed by atoms with Crippen LogP contribution in [0.4, 0.5) is 5.82 Å². The smallest absolute Gasteiger partial charge is 0.250 e. The average Bonchev–Trinajstić information content (AvgIpc) is 3.61. The summed E-state index contributed by atoms with van der Waals surface area (Å²) in [4.78, 5) is 45.5. The van der Waals surface area contributed by atoms with Gasteiger partial charge in [-0.1, -0.05) is 25.7 Å². The summed E-state index contributed by atoms with van der Waals surface area (Å²) in [7, 11) is 0. The first-order chi connectivity index (χ1) is 16.0. The average molecular weight is 456 g/mol. The molecule has 0 bridgehead atoms. The Kier molecular flexibility index (Phi) is 7.30. The Bertz CT molecular complexity index is 944. The molecule has 11 nitrogen and oxygen atoms in total. The van der Waals surface area contributed by atoms with Crippen molar-refractivity contribution in [2.45, 2.75) is 44.6 Å². The Morgan fingerprint density at radius 1 is 1.30 bits per heavy atom. The Balaban J connectivity index is 1.41. The number of hydrogen-bond donors (Lipinski definition) is 3. The van der Waals surface area contributed by atoms with Crippen molar-refractivity contribution in [2.24, 2.45) is 11.8 Å². The third-order valence-electron chi connectivity index (χ3n) is 6.32. The molecule has 2 aliphatic rings. The van der Waals surface area contributed by atoms with E-state index in [1.165, 1.54) is 5.01 Å². The monoisotopic (exact) mass is 455 g/mol. The molecule has 2 aromatic heterocycles. The quantitative estimate of drug-likeness (QED) is 0.295. The molecule has 4 rings (SSSR count). The largest absolute Gasteiger partial charge is 0.309 e. The fourth-order valence-electron chi connectivity index (χ4n) is 4.64. The van der Waals surface area contributed by atoms with Crippen molar-refractivity contribution < 1.29 is 19.6 Å². The molecule has 0 unspecified atom stereocenters. The highest BCUT2D eigenvalue weighted by atomic mass is 16.5. The molecule has 2 atom stereocenters. The number of aromatic nitrogens is 3. The van der Waals surface area contributed by atoms with Crippen LogP contribution in [-0.2, 0) is 14.4 Å². The minimum atomic E-state index is -0.706. The molecule has 33 heavy (non-hydrogen) atoms. The lowest BCUT2D eigenvalue weighted by Crippen LogP contribution is -2.51. The van der Waals surface area contributed by atoms with Gasteiger partial charge in [-0.3, -0.25) is 24.6 Å². The Labute approximate surface area is 191 Å². The molecule has 0 spiro atoms. The Morgan fingerprint density at radius 2 is 2.12 bits per heavy atom. The lowest BCUT2D eigenvalue weighted by Gasteiger charge is -2.29. The molecule has 1 saturated heterocycles. The highest BCUT2D eigenvalue weighted by Gasteiger charge is 2.39. The number of carbonyl (C=O) groups is 3. The summed E-state index contributed by atoms with van der Waals surface area (Å²) in [5.74, 6) is -0.451. The van der Waals surface area contributed by atoms with Gasteiger partial charge in [0.25, 0.3) is 0 Å². The number of rotatable bonds is 9. The van der Waals surface area contributed by atoms with Crippen LogP contribution in [0.25, 0.3) is 5.69 Å². The molecule has 2 aromatic rings. The number of nitrogens with zero attached hydrogens (tertiary/aromatic N) is 5. The maximum absolute atomic E-state index is 13.3. The van der Waals surface area contributed by atoms with Crippen molar-refractivity contribution in [1.82, 2.24) is 30.0 Å². The first kappa shape index (κ1) is 22.9. The van der Waals surface area contributed by atoms with Crippen LogP contribution in [0.1, 0.15) is 38.5 Å². The van der Waals surface area contributed by atoms with Crippen molar-refractivity contribution >= 4 is 24.0 Å². The lowest BCUT2D eigenvalue weighted by atomic mass is 9.92. The van der Waals surface area contributed by atoms with Crippen LogP contribution in [0, 0.1) is 11.8 Å². The van der Waals surface area contributed by atoms with E-state index in [2.05, 4.69) is 20.7 Å². The minimum Gasteiger partial charge on any atom is -0.309 e. The van der Waals surface area contributed by atoms with Gasteiger partial charge in [0.2, 0.25) is 18.2 Å². The number of amides is 3. The summed E-state index contributed by atoms with van der Waals surface area (Å²) in [5, 5.41) is 14.4. The zero-order valence-electron chi connectivity index (χ0n) is 18.3. The number of hydrazine groups is 1. The number of anilines is 1. The van der Waals surface area contributed by atoms with E-state index in [9.17, 15) is 19.6 Å². The number of carbonyl (C=O) groups excluding carboxylic acids is 3. The van der Waals surface area contributed by atoms with Gasteiger partial charge >= 0.3 is 0 Å². The van der Waals surface area contributed by atoms with E-state index < -0.39 is 12.0 Å². The summed E-state index contributed by atoms with van der Waals surface area (Å²) in [6, 6.07) is 2.80. The van der Waals surface area contributed by atoms with Gasteiger partial charge in [0.1, 0.15) is 11.9 Å². The van der Waals surface area contributed by atoms with Crippen LogP contribution < -0.4 is 10.7 Å². The van der Waals surface area contributed by atoms with E-state index in [4.69, 9.17) is 0 Å². The summed E-state index contributed by atoms with van der Waals surface area (Å²) in [5.41, 5.74) is 3.81. The van der Waals surface area contributed by atoms with E-state index in [0.717, 1.165) is 31.4 Å². The van der Waals surface area contributed by atoms with Crippen molar-refractivity contribution in [2.75, 3.05) is 18.4 Å². The van der Waals surface area contributed by atoms with E-state index in [1.807, 2.05) is 6.07 Å². The number of imidazole rings is 1. The molecule has 11 heteroatoms. The summed E-state index contributed by atoms with van der Waals surface area (Å²) in [6.07, 6.45) is 12.4. The van der Waals surface area contributed by atoms with Gasteiger partial charge in [-0.15, -0.1) is 0 Å². The zero-order chi connectivity index (χ0) is 23.2. The predicted molar refractivity (Wildman–Crippen MR) is 118 cm³/mol. The van der Waals surface area contributed by atoms with Gasteiger partial charge in [0.15, 0.2) is 0 Å². The summed E-state index contributed by atoms with van der Waals surface area (Å²) in [6.45, 7) is 0.381. The normalized spacial score (nSPS) is 19.4. The standard InChI is InChI=1S/C22H29N7O4/c30-15-28(33)13-17(11-16-3-1-2-4-16)22(32)29-19(7-8-25-29)21(31)26-20-6-5-18(12-24-20)27-10-9-23-14-27/h5-6,9-10,12,14-17,19,25,33H,1-4,7-8,11,13H2,(H,24,26,31)/t17-,19+/m1/s1. The van der Waals surface area contributed by atoms with E-state index in [1.54, 1.807) is 35.6 Å². The fraction of sp³-hybridized carbons (Fsp3) is 0.500. The van der Waals surface area contributed by atoms with Crippen molar-refractivity contribution in [1.29, 1.82) is 0 Å². The molecule has 1 aliphatic heterocycles. The van der Waals surface area contributed by atoms with Crippen LogP contribution >= 0.6 is 0 Å². The van der Waals surface area contributed by atoms with Crippen molar-refractivity contribution in [3.8, 4) is 5.69 Å². The predicted octanol–water partition coefficient (Wildman–Crippen LogP) is 1.36. The Hall–Kier alpha value is -3.31. The van der Waals surface area contributed by atoms with Crippen molar-refractivity contribution in [3.63, 3.8) is 0 Å². The van der Waals surface area contributed by atoms with E-state index in [0.29, 0.717) is 42.6 Å². The van der Waals surface area contributed by atoms with Crippen LogP contribution in [0.3, 0.4) is 0 Å². The first-order valence-electron chi connectivity index (χ1n) is 11.3. The number of hydroxylamine groups is 2. The van der Waals surface area contributed by atoms with Crippen LogP contribution in [0.5, 0.6) is 0 Å². The Morgan fingerprint density at radius 3 is 2.79 bits per heavy atom. The first-order valence-corrected chi connectivity index (χ1v) is 11.3. The van der Waals surface area contributed by atoms with Gasteiger partial charge in [0, 0.05) is 18.9 Å². The molecule has 3 heterocycles. The minimum absolute atomic E-state index is 0.0946. The molecule has 1 aliphatic carbocycles. The molecule has 3 amide bonds. The van der Waals surface area contributed by atoms with Crippen LogP contribution in [-0.4, -0.2) is 67.2 Å².